The Kier molecular flexibility index (Phi) is 3.93. The van der Waals surface area contributed by atoms with Crippen LogP contribution in [-0.2, 0) is 9.59 Å². The number of aryl methyl sites for hydroxylation is 1. The number of hydrogen-bond acceptors (Lipinski definition) is 3. The molecule has 0 aromatic heterocycles. The van der Waals surface area contributed by atoms with Crippen molar-refractivity contribution in [1.29, 1.82) is 0 Å². The molecule has 0 fully saturated rings. The predicted molar refractivity (Wildman–Crippen MR) is 92.3 cm³/mol. The second kappa shape index (κ2) is 5.77. The summed E-state index contributed by atoms with van der Waals surface area (Å²) in [5, 5.41) is 10.1. The summed E-state index contributed by atoms with van der Waals surface area (Å²) in [5.41, 5.74) is 1.34. The van der Waals surface area contributed by atoms with Crippen LogP contribution in [0.2, 0.25) is 0 Å². The van der Waals surface area contributed by atoms with Gasteiger partial charge in [-0.1, -0.05) is 12.1 Å². The maximum Gasteiger partial charge on any atom is 0.301 e. The number of halogens is 2. The Balaban J connectivity index is 2.07. The van der Waals surface area contributed by atoms with E-state index in [1.807, 2.05) is 6.07 Å². The van der Waals surface area contributed by atoms with Crippen LogP contribution in [0.1, 0.15) is 11.1 Å². The van der Waals surface area contributed by atoms with Gasteiger partial charge in [-0.2, -0.15) is 0 Å². The lowest BCUT2D eigenvalue weighted by Crippen LogP contribution is -2.32. The smallest absolute Gasteiger partial charge is 0.301 e. The molecular formula is C17H11FINO3. The summed E-state index contributed by atoms with van der Waals surface area (Å²) in [7, 11) is 0. The molecule has 2 aromatic rings. The Hall–Kier alpha value is -2.22. The molecule has 1 aliphatic heterocycles. The van der Waals surface area contributed by atoms with E-state index in [0.29, 0.717) is 11.3 Å². The fourth-order valence-electron chi connectivity index (χ4n) is 2.48. The van der Waals surface area contributed by atoms with Gasteiger partial charge in [-0.25, -0.2) is 9.29 Å². The van der Waals surface area contributed by atoms with Crippen molar-refractivity contribution in [1.82, 2.24) is 0 Å². The van der Waals surface area contributed by atoms with Crippen molar-refractivity contribution in [2.75, 3.05) is 4.90 Å². The van der Waals surface area contributed by atoms with E-state index in [1.54, 1.807) is 19.1 Å². The third-order valence-electron chi connectivity index (χ3n) is 3.59. The summed E-state index contributed by atoms with van der Waals surface area (Å²) in [6.45, 7) is 1.78. The molecule has 1 N–H and O–H groups in total. The van der Waals surface area contributed by atoms with Gasteiger partial charge in [-0.3, -0.25) is 9.59 Å². The largest absolute Gasteiger partial charge is 0.502 e. The number of carbonyl (C=O) groups excluding carboxylic acids is 2. The highest BCUT2D eigenvalue weighted by atomic mass is 127. The maximum absolute atomic E-state index is 13.0. The summed E-state index contributed by atoms with van der Waals surface area (Å²) in [6.07, 6.45) is 0. The third kappa shape index (κ3) is 2.63. The number of aliphatic hydroxyl groups excluding tert-OH is 1. The number of carbonyl (C=O) groups is 2. The summed E-state index contributed by atoms with van der Waals surface area (Å²) < 4.78 is 14.0. The van der Waals surface area contributed by atoms with Gasteiger partial charge in [-0.15, -0.1) is 0 Å². The highest BCUT2D eigenvalue weighted by Gasteiger charge is 2.40. The van der Waals surface area contributed by atoms with Gasteiger partial charge in [0, 0.05) is 3.57 Å². The molecule has 2 aromatic carbocycles. The van der Waals surface area contributed by atoms with Crippen molar-refractivity contribution in [3.05, 3.63) is 68.7 Å². The summed E-state index contributed by atoms with van der Waals surface area (Å²) in [6, 6.07) is 10.3. The van der Waals surface area contributed by atoms with Gasteiger partial charge in [0.15, 0.2) is 5.76 Å². The molecule has 3 rings (SSSR count). The molecule has 0 atom stereocenters. The molecule has 1 aliphatic rings. The first-order chi connectivity index (χ1) is 10.9. The Bertz CT molecular complexity index is 859. The molecule has 1 heterocycles. The number of benzene rings is 2. The number of nitrogens with zero attached hydrogens (tertiary/aromatic N) is 1. The third-order valence-corrected chi connectivity index (χ3v) is 4.26. The van der Waals surface area contributed by atoms with Gasteiger partial charge < -0.3 is 5.11 Å². The summed E-state index contributed by atoms with van der Waals surface area (Å²) >= 11 is 2.13. The molecule has 0 radical (unpaired) electrons. The average molecular weight is 423 g/mol. The van der Waals surface area contributed by atoms with E-state index in [9.17, 15) is 19.1 Å². The van der Waals surface area contributed by atoms with E-state index < -0.39 is 23.4 Å². The lowest BCUT2D eigenvalue weighted by Gasteiger charge is -2.17. The molecule has 2 amide bonds. The van der Waals surface area contributed by atoms with E-state index in [2.05, 4.69) is 22.6 Å². The van der Waals surface area contributed by atoms with Gasteiger partial charge in [-0.05, 0) is 71.0 Å². The minimum atomic E-state index is -0.779. The molecule has 23 heavy (non-hydrogen) atoms. The maximum atomic E-state index is 13.0. The van der Waals surface area contributed by atoms with Crippen LogP contribution in [0.5, 0.6) is 0 Å². The Morgan fingerprint density at radius 3 is 2.30 bits per heavy atom. The lowest BCUT2D eigenvalue weighted by molar-refractivity contribution is -0.121. The number of aliphatic hydroxyl groups is 1. The van der Waals surface area contributed by atoms with Crippen molar-refractivity contribution in [3.8, 4) is 0 Å². The molecule has 0 bridgehead atoms. The van der Waals surface area contributed by atoms with E-state index in [-0.39, 0.29) is 5.57 Å². The van der Waals surface area contributed by atoms with Crippen LogP contribution >= 0.6 is 22.6 Å². The lowest BCUT2D eigenvalue weighted by atomic mass is 10.1. The van der Waals surface area contributed by atoms with Crippen molar-refractivity contribution < 1.29 is 19.1 Å². The minimum Gasteiger partial charge on any atom is -0.502 e. The Morgan fingerprint density at radius 2 is 1.70 bits per heavy atom. The van der Waals surface area contributed by atoms with Crippen molar-refractivity contribution in [3.63, 3.8) is 0 Å². The summed E-state index contributed by atoms with van der Waals surface area (Å²) in [4.78, 5) is 25.9. The van der Waals surface area contributed by atoms with Crippen LogP contribution in [-0.4, -0.2) is 16.9 Å². The van der Waals surface area contributed by atoms with Crippen molar-refractivity contribution in [2.24, 2.45) is 0 Å². The number of hydrogen-bond donors (Lipinski definition) is 1. The number of anilines is 1. The molecule has 116 valence electrons. The van der Waals surface area contributed by atoms with Crippen LogP contribution in [0.4, 0.5) is 10.1 Å². The first-order valence-electron chi connectivity index (χ1n) is 6.74. The number of rotatable bonds is 2. The zero-order chi connectivity index (χ0) is 16.7. The first kappa shape index (κ1) is 15.7. The minimum absolute atomic E-state index is 0.118. The molecule has 0 aliphatic carbocycles. The highest BCUT2D eigenvalue weighted by Crippen LogP contribution is 2.33. The molecular weight excluding hydrogens is 412 g/mol. The van der Waals surface area contributed by atoms with Gasteiger partial charge in [0.1, 0.15) is 5.82 Å². The van der Waals surface area contributed by atoms with E-state index in [0.717, 1.165) is 14.0 Å². The van der Waals surface area contributed by atoms with Gasteiger partial charge >= 0.3 is 5.91 Å². The van der Waals surface area contributed by atoms with Crippen molar-refractivity contribution in [2.45, 2.75) is 6.92 Å². The standard InChI is InChI=1S/C17H11FINO3/c1-9-8-12(19)6-7-13(9)20-16(22)14(15(21)17(20)23)10-2-4-11(18)5-3-10/h2-8,21H,1H3. The first-order valence-corrected chi connectivity index (χ1v) is 7.82. The van der Waals surface area contributed by atoms with Crippen LogP contribution in [0.15, 0.2) is 48.2 Å². The van der Waals surface area contributed by atoms with Crippen LogP contribution in [0, 0.1) is 16.3 Å². The fraction of sp³-hybridized carbons (Fsp3) is 0.0588. The molecule has 0 saturated carbocycles. The Morgan fingerprint density at radius 1 is 1.04 bits per heavy atom. The van der Waals surface area contributed by atoms with Gasteiger partial charge in [0.05, 0.1) is 11.3 Å². The fourth-order valence-corrected chi connectivity index (χ4v) is 3.13. The molecule has 4 nitrogen and oxygen atoms in total. The zero-order valence-corrected chi connectivity index (χ0v) is 14.2. The number of imide groups is 1. The summed E-state index contributed by atoms with van der Waals surface area (Å²) in [5.74, 6) is -2.49. The normalized spacial score (nSPS) is 14.8. The Labute approximate surface area is 145 Å². The number of amides is 2. The topological polar surface area (TPSA) is 57.6 Å². The van der Waals surface area contributed by atoms with Gasteiger partial charge in [0.25, 0.3) is 5.91 Å². The van der Waals surface area contributed by atoms with Crippen molar-refractivity contribution >= 4 is 45.7 Å². The zero-order valence-electron chi connectivity index (χ0n) is 12.0. The van der Waals surface area contributed by atoms with E-state index in [4.69, 9.17) is 0 Å². The second-order valence-corrected chi connectivity index (χ2v) is 6.35. The molecule has 6 heteroatoms. The SMILES string of the molecule is Cc1cc(I)ccc1N1C(=O)C(O)=C(c2ccc(F)cc2)C1=O. The van der Waals surface area contributed by atoms with Crippen LogP contribution < -0.4 is 4.90 Å². The van der Waals surface area contributed by atoms with E-state index >= 15 is 0 Å². The molecule has 0 saturated heterocycles. The molecule has 0 spiro atoms. The quantitative estimate of drug-likeness (QED) is 0.594. The monoisotopic (exact) mass is 423 g/mol. The average Bonchev–Trinajstić information content (AvgIpc) is 2.72. The predicted octanol–water partition coefficient (Wildman–Crippen LogP) is 3.58. The highest BCUT2D eigenvalue weighted by molar-refractivity contribution is 14.1. The van der Waals surface area contributed by atoms with E-state index in [1.165, 1.54) is 24.3 Å². The second-order valence-electron chi connectivity index (χ2n) is 5.11. The van der Waals surface area contributed by atoms with Crippen LogP contribution in [0.3, 0.4) is 0 Å². The molecule has 0 unspecified atom stereocenters. The van der Waals surface area contributed by atoms with Crippen LogP contribution in [0.25, 0.3) is 5.57 Å². The van der Waals surface area contributed by atoms with Gasteiger partial charge in [0.2, 0.25) is 0 Å².